The molecule has 2 saturated heterocycles. The Morgan fingerprint density at radius 1 is 0.941 bits per heavy atom. The van der Waals surface area contributed by atoms with Gasteiger partial charge in [-0.1, -0.05) is 56.3 Å². The number of aliphatic hydroxyl groups is 1. The van der Waals surface area contributed by atoms with Crippen LogP contribution in [0.1, 0.15) is 51.7 Å². The van der Waals surface area contributed by atoms with E-state index in [2.05, 4.69) is 25.7 Å². The van der Waals surface area contributed by atoms with Gasteiger partial charge in [0.25, 0.3) is 0 Å². The molecule has 0 radical (unpaired) electrons. The number of hydrogen-bond donors (Lipinski definition) is 1. The molecule has 0 bridgehead atoms. The van der Waals surface area contributed by atoms with Crippen molar-refractivity contribution < 1.29 is 18.7 Å². The van der Waals surface area contributed by atoms with Crippen molar-refractivity contribution in [2.24, 2.45) is 17.8 Å². The van der Waals surface area contributed by atoms with Gasteiger partial charge in [-0.05, 0) is 38.0 Å². The molecule has 2 aromatic rings. The van der Waals surface area contributed by atoms with Crippen LogP contribution in [0.4, 0.5) is 8.78 Å². The molecule has 2 aromatic carbocycles. The van der Waals surface area contributed by atoms with Crippen molar-refractivity contribution in [3.8, 4) is 0 Å². The molecule has 1 N–H and O–H groups in total. The third-order valence-corrected chi connectivity index (χ3v) is 8.01. The van der Waals surface area contributed by atoms with Crippen LogP contribution in [0, 0.1) is 29.4 Å². The highest BCUT2D eigenvalue weighted by atomic mass is 19.2. The second-order valence-corrected chi connectivity index (χ2v) is 11.2. The molecule has 5 atom stereocenters. The molecular formula is C28H36F2N2O2. The van der Waals surface area contributed by atoms with E-state index in [1.165, 1.54) is 6.07 Å². The zero-order valence-corrected chi connectivity index (χ0v) is 20.8. The number of likely N-dealkylation sites (tertiary alicyclic amines) is 2. The molecule has 2 fully saturated rings. The van der Waals surface area contributed by atoms with Gasteiger partial charge in [0.05, 0.1) is 11.5 Å². The maximum atomic E-state index is 14.8. The summed E-state index contributed by atoms with van der Waals surface area (Å²) in [7, 11) is 0. The monoisotopic (exact) mass is 470 g/mol. The number of carbonyl (C=O) groups excluding carboxylic acids is 1. The molecule has 4 rings (SSSR count). The van der Waals surface area contributed by atoms with Crippen molar-refractivity contribution in [3.63, 3.8) is 0 Å². The average molecular weight is 471 g/mol. The van der Waals surface area contributed by atoms with Crippen molar-refractivity contribution in [2.45, 2.75) is 51.7 Å². The topological polar surface area (TPSA) is 43.8 Å². The first kappa shape index (κ1) is 24.8. The van der Waals surface area contributed by atoms with Gasteiger partial charge in [-0.3, -0.25) is 9.69 Å². The number of piperidine rings is 1. The Kier molecular flexibility index (Phi) is 6.60. The van der Waals surface area contributed by atoms with E-state index in [0.29, 0.717) is 26.2 Å². The van der Waals surface area contributed by atoms with Crippen LogP contribution in [0.5, 0.6) is 0 Å². The normalized spacial score (nSPS) is 30.5. The van der Waals surface area contributed by atoms with E-state index in [9.17, 15) is 18.7 Å². The zero-order valence-electron chi connectivity index (χ0n) is 20.8. The molecule has 6 heteroatoms. The fourth-order valence-corrected chi connectivity index (χ4v) is 5.91. The SMILES string of the molecule is C[C@@H]1CN(C(=O)[C@@H]2CN(C(C)(C)C)C[C@H]2c2cccc(F)c2F)C[C@H](C)C1(O)c1ccccc1. The van der Waals surface area contributed by atoms with Crippen LogP contribution in [-0.2, 0) is 10.4 Å². The lowest BCUT2D eigenvalue weighted by molar-refractivity contribution is -0.152. The molecule has 0 saturated carbocycles. The van der Waals surface area contributed by atoms with Gasteiger partial charge in [0.1, 0.15) is 0 Å². The summed E-state index contributed by atoms with van der Waals surface area (Å²) in [6.07, 6.45) is 0. The summed E-state index contributed by atoms with van der Waals surface area (Å²) >= 11 is 0. The van der Waals surface area contributed by atoms with Gasteiger partial charge in [0, 0.05) is 49.5 Å². The predicted molar refractivity (Wildman–Crippen MR) is 129 cm³/mol. The Balaban J connectivity index is 1.62. The summed E-state index contributed by atoms with van der Waals surface area (Å²) < 4.78 is 28.9. The molecule has 34 heavy (non-hydrogen) atoms. The highest BCUT2D eigenvalue weighted by Crippen LogP contribution is 2.43. The third-order valence-electron chi connectivity index (χ3n) is 8.01. The van der Waals surface area contributed by atoms with Crippen LogP contribution in [0.15, 0.2) is 48.5 Å². The zero-order chi connectivity index (χ0) is 24.8. The summed E-state index contributed by atoms with van der Waals surface area (Å²) in [5.74, 6) is -3.04. The number of benzene rings is 2. The predicted octanol–water partition coefficient (Wildman–Crippen LogP) is 4.78. The summed E-state index contributed by atoms with van der Waals surface area (Å²) in [5, 5.41) is 11.7. The number of nitrogens with zero attached hydrogens (tertiary/aromatic N) is 2. The minimum atomic E-state index is -1.03. The van der Waals surface area contributed by atoms with Crippen LogP contribution in [0.3, 0.4) is 0 Å². The first-order chi connectivity index (χ1) is 15.9. The van der Waals surface area contributed by atoms with Gasteiger partial charge in [0.15, 0.2) is 11.6 Å². The van der Waals surface area contributed by atoms with Gasteiger partial charge < -0.3 is 10.0 Å². The highest BCUT2D eigenvalue weighted by molar-refractivity contribution is 5.81. The number of rotatable bonds is 3. The summed E-state index contributed by atoms with van der Waals surface area (Å²) in [5.41, 5.74) is -0.0996. The van der Waals surface area contributed by atoms with E-state index in [4.69, 9.17) is 0 Å². The summed E-state index contributed by atoms with van der Waals surface area (Å²) in [6.45, 7) is 12.0. The molecule has 1 amide bonds. The van der Waals surface area contributed by atoms with Crippen LogP contribution >= 0.6 is 0 Å². The second kappa shape index (κ2) is 9.04. The van der Waals surface area contributed by atoms with Crippen molar-refractivity contribution in [1.29, 1.82) is 0 Å². The van der Waals surface area contributed by atoms with E-state index in [0.717, 1.165) is 11.6 Å². The maximum absolute atomic E-state index is 14.8. The first-order valence-electron chi connectivity index (χ1n) is 12.2. The Morgan fingerprint density at radius 2 is 1.56 bits per heavy atom. The lowest BCUT2D eigenvalue weighted by Crippen LogP contribution is -2.57. The van der Waals surface area contributed by atoms with Gasteiger partial charge in [-0.2, -0.15) is 0 Å². The van der Waals surface area contributed by atoms with Crippen LogP contribution in [0.2, 0.25) is 0 Å². The maximum Gasteiger partial charge on any atom is 0.227 e. The minimum Gasteiger partial charge on any atom is -0.384 e. The molecule has 0 aromatic heterocycles. The molecular weight excluding hydrogens is 434 g/mol. The van der Waals surface area contributed by atoms with Gasteiger partial charge in [-0.15, -0.1) is 0 Å². The van der Waals surface area contributed by atoms with Crippen molar-refractivity contribution in [3.05, 3.63) is 71.3 Å². The Labute approximate surface area is 201 Å². The van der Waals surface area contributed by atoms with Crippen LogP contribution in [0.25, 0.3) is 0 Å². The molecule has 184 valence electrons. The summed E-state index contributed by atoms with van der Waals surface area (Å²) in [6, 6.07) is 13.9. The number of amides is 1. The van der Waals surface area contributed by atoms with E-state index in [1.807, 2.05) is 49.1 Å². The largest absolute Gasteiger partial charge is 0.384 e. The van der Waals surface area contributed by atoms with Gasteiger partial charge >= 0.3 is 0 Å². The average Bonchev–Trinajstić information content (AvgIpc) is 3.25. The molecule has 0 aliphatic carbocycles. The van der Waals surface area contributed by atoms with E-state index < -0.39 is 29.1 Å². The highest BCUT2D eigenvalue weighted by Gasteiger charge is 2.50. The quantitative estimate of drug-likeness (QED) is 0.702. The smallest absolute Gasteiger partial charge is 0.227 e. The lowest BCUT2D eigenvalue weighted by Gasteiger charge is -2.48. The molecule has 2 heterocycles. The first-order valence-corrected chi connectivity index (χ1v) is 12.2. The molecule has 1 unspecified atom stereocenters. The van der Waals surface area contributed by atoms with Crippen LogP contribution < -0.4 is 0 Å². The Hall–Kier alpha value is -2.31. The second-order valence-electron chi connectivity index (χ2n) is 11.2. The lowest BCUT2D eigenvalue weighted by atomic mass is 9.70. The van der Waals surface area contributed by atoms with E-state index in [1.54, 1.807) is 6.07 Å². The van der Waals surface area contributed by atoms with Gasteiger partial charge in [0.2, 0.25) is 5.91 Å². The minimum absolute atomic E-state index is 0.0470. The fourth-order valence-electron chi connectivity index (χ4n) is 5.91. The molecule has 2 aliphatic rings. The van der Waals surface area contributed by atoms with E-state index in [-0.39, 0.29) is 28.8 Å². The van der Waals surface area contributed by atoms with Crippen molar-refractivity contribution in [2.75, 3.05) is 26.2 Å². The van der Waals surface area contributed by atoms with Crippen LogP contribution in [-0.4, -0.2) is 52.5 Å². The number of hydrogen-bond acceptors (Lipinski definition) is 3. The molecule has 2 aliphatic heterocycles. The fraction of sp³-hybridized carbons (Fsp3) is 0.536. The number of carbonyl (C=O) groups is 1. The Bertz CT molecular complexity index is 1020. The summed E-state index contributed by atoms with van der Waals surface area (Å²) in [4.78, 5) is 17.9. The van der Waals surface area contributed by atoms with Crippen molar-refractivity contribution in [1.82, 2.24) is 9.80 Å². The molecule has 4 nitrogen and oxygen atoms in total. The van der Waals surface area contributed by atoms with Crippen molar-refractivity contribution >= 4 is 5.91 Å². The number of halogens is 2. The Morgan fingerprint density at radius 3 is 2.15 bits per heavy atom. The third kappa shape index (κ3) is 4.27. The van der Waals surface area contributed by atoms with Gasteiger partial charge in [-0.25, -0.2) is 8.78 Å². The van der Waals surface area contributed by atoms with E-state index >= 15 is 0 Å². The molecule has 0 spiro atoms. The standard InChI is InChI=1S/C28H36F2N2O2/c1-18-14-31(15-19(2)28(18,34)20-10-7-6-8-11-20)26(33)23-17-32(27(3,4)5)16-22(23)21-12-9-13-24(29)25(21)30/h6-13,18-19,22-23,34H,14-17H2,1-5H3/t18-,19+,22-,23+,28?/m0/s1.